The molecule has 0 aliphatic rings. The summed E-state index contributed by atoms with van der Waals surface area (Å²) in [5.41, 5.74) is 1.01. The minimum absolute atomic E-state index is 0.593. The largest absolute Gasteiger partial charge is 0.351 e. The van der Waals surface area contributed by atoms with Gasteiger partial charge < -0.3 is 4.57 Å². The second kappa shape index (κ2) is 1.87. The van der Waals surface area contributed by atoms with Gasteiger partial charge in [0.05, 0.1) is 1.37 Å². The maximum Gasteiger partial charge on any atom is 0.0645 e. The van der Waals surface area contributed by atoms with Crippen LogP contribution >= 0.6 is 0 Å². The van der Waals surface area contributed by atoms with Crippen LogP contribution < -0.4 is 0 Å². The van der Waals surface area contributed by atoms with E-state index in [4.69, 9.17) is 1.37 Å². The maximum absolute atomic E-state index is 7.60. The smallest absolute Gasteiger partial charge is 0.0645 e. The van der Waals surface area contributed by atoms with Gasteiger partial charge in [-0.15, -0.1) is 0 Å². The Bertz CT molecular complexity index is 389. The summed E-state index contributed by atoms with van der Waals surface area (Å²) in [6.45, 7) is 0. The van der Waals surface area contributed by atoms with E-state index in [1.165, 1.54) is 0 Å². The summed E-state index contributed by atoms with van der Waals surface area (Å²) in [4.78, 5) is 0. The van der Waals surface area contributed by atoms with Crippen LogP contribution in [0.1, 0.15) is 1.37 Å². The Hall–Kier alpha value is -1.24. The fourth-order valence-electron chi connectivity index (χ4n) is 1.15. The van der Waals surface area contributed by atoms with Crippen molar-refractivity contribution in [1.82, 2.24) is 4.57 Å². The van der Waals surface area contributed by atoms with Crippen LogP contribution in [0.4, 0.5) is 0 Å². The molecule has 0 atom stereocenters. The summed E-state index contributed by atoms with van der Waals surface area (Å²) < 4.78 is 9.57. The standard InChI is InChI=1S/C9H9N/c1-10-7-6-8-4-2-3-5-9(8)10/h2-7H,1H3/i5D. The third kappa shape index (κ3) is 0.637. The Morgan fingerprint density at radius 2 is 2.30 bits per heavy atom. The quantitative estimate of drug-likeness (QED) is 0.517. The van der Waals surface area contributed by atoms with Crippen LogP contribution in [0.5, 0.6) is 0 Å². The molecule has 50 valence electrons. The molecule has 0 spiro atoms. The number of rotatable bonds is 0. The molecule has 2 rings (SSSR count). The minimum atomic E-state index is 0.593. The lowest BCUT2D eigenvalue weighted by molar-refractivity contribution is 0.969. The van der Waals surface area contributed by atoms with Gasteiger partial charge in [0.2, 0.25) is 0 Å². The normalized spacial score (nSPS) is 11.9. The molecule has 0 amide bonds. The van der Waals surface area contributed by atoms with Crippen LogP contribution in [0, 0.1) is 0 Å². The maximum atomic E-state index is 7.60. The van der Waals surface area contributed by atoms with Gasteiger partial charge in [0, 0.05) is 18.8 Å². The summed E-state index contributed by atoms with van der Waals surface area (Å²) >= 11 is 0. The first-order valence-corrected chi connectivity index (χ1v) is 3.30. The molecule has 0 N–H and O–H groups in total. The summed E-state index contributed by atoms with van der Waals surface area (Å²) in [6, 6.07) is 8.35. The Balaban J connectivity index is 2.96. The highest BCUT2D eigenvalue weighted by Crippen LogP contribution is 2.12. The lowest BCUT2D eigenvalue weighted by atomic mass is 10.2. The third-order valence-corrected chi connectivity index (χ3v) is 1.70. The number of nitrogens with zero attached hydrogens (tertiary/aromatic N) is 1. The fourth-order valence-corrected chi connectivity index (χ4v) is 1.15. The highest BCUT2D eigenvalue weighted by atomic mass is 14.9. The van der Waals surface area contributed by atoms with E-state index in [1.807, 2.05) is 42.1 Å². The molecule has 1 aromatic heterocycles. The van der Waals surface area contributed by atoms with Crippen molar-refractivity contribution in [3.63, 3.8) is 0 Å². The van der Waals surface area contributed by atoms with Gasteiger partial charge in [0.1, 0.15) is 0 Å². The third-order valence-electron chi connectivity index (χ3n) is 1.70. The lowest BCUT2D eigenvalue weighted by Gasteiger charge is -1.92. The molecule has 0 radical (unpaired) electrons. The topological polar surface area (TPSA) is 4.93 Å². The molecule has 0 saturated carbocycles. The van der Waals surface area contributed by atoms with Crippen molar-refractivity contribution in [2.45, 2.75) is 0 Å². The van der Waals surface area contributed by atoms with E-state index in [9.17, 15) is 0 Å². The van der Waals surface area contributed by atoms with Gasteiger partial charge in [-0.05, 0) is 17.5 Å². The molecule has 0 fully saturated rings. The van der Waals surface area contributed by atoms with Crippen molar-refractivity contribution in [3.8, 4) is 0 Å². The summed E-state index contributed by atoms with van der Waals surface area (Å²) in [5, 5.41) is 1.14. The van der Waals surface area contributed by atoms with Gasteiger partial charge >= 0.3 is 0 Å². The first-order chi connectivity index (χ1) is 5.29. The molecule has 0 bridgehead atoms. The van der Waals surface area contributed by atoms with Gasteiger partial charge in [0.25, 0.3) is 0 Å². The average Bonchev–Trinajstić information content (AvgIpc) is 2.34. The number of hydrogen-bond donors (Lipinski definition) is 0. The van der Waals surface area contributed by atoms with Crippen LogP contribution in [0.15, 0.2) is 36.5 Å². The van der Waals surface area contributed by atoms with Crippen molar-refractivity contribution < 1.29 is 1.37 Å². The predicted molar refractivity (Wildman–Crippen MR) is 42.9 cm³/mol. The molecular weight excluding hydrogens is 122 g/mol. The van der Waals surface area contributed by atoms with Gasteiger partial charge in [-0.2, -0.15) is 0 Å². The Kier molecular flexibility index (Phi) is 0.853. The molecule has 10 heavy (non-hydrogen) atoms. The fraction of sp³-hybridized carbons (Fsp3) is 0.111. The van der Waals surface area contributed by atoms with Crippen molar-refractivity contribution in [2.75, 3.05) is 0 Å². The summed E-state index contributed by atoms with van der Waals surface area (Å²) in [6.07, 6.45) is 1.97. The molecule has 1 nitrogen and oxygen atoms in total. The van der Waals surface area contributed by atoms with Crippen molar-refractivity contribution in [1.29, 1.82) is 0 Å². The molecule has 0 aliphatic heterocycles. The Labute approximate surface area is 61.3 Å². The number of para-hydroxylation sites is 1. The van der Waals surface area contributed by atoms with Crippen molar-refractivity contribution in [3.05, 3.63) is 36.5 Å². The Morgan fingerprint density at radius 1 is 1.40 bits per heavy atom. The van der Waals surface area contributed by atoms with Gasteiger partial charge in [0.15, 0.2) is 0 Å². The van der Waals surface area contributed by atoms with Crippen LogP contribution in [-0.4, -0.2) is 4.57 Å². The number of hydrogen-bond acceptors (Lipinski definition) is 0. The number of benzene rings is 1. The SMILES string of the molecule is [2H]c1cccc2ccn(C)c12. The van der Waals surface area contributed by atoms with E-state index in [1.54, 1.807) is 0 Å². The van der Waals surface area contributed by atoms with E-state index in [0.717, 1.165) is 10.9 Å². The molecule has 0 saturated heterocycles. The number of aryl methyl sites for hydroxylation is 1. The second-order valence-corrected chi connectivity index (χ2v) is 2.40. The summed E-state index contributed by atoms with van der Waals surface area (Å²) in [5.74, 6) is 0. The highest BCUT2D eigenvalue weighted by Gasteiger charge is 1.92. The molecule has 1 aromatic carbocycles. The van der Waals surface area contributed by atoms with Crippen molar-refractivity contribution in [2.24, 2.45) is 7.05 Å². The molecule has 1 heteroatoms. The molecule has 2 aromatic rings. The zero-order valence-corrected chi connectivity index (χ0v) is 5.83. The zero-order chi connectivity index (χ0) is 7.84. The van der Waals surface area contributed by atoms with E-state index in [0.29, 0.717) is 6.04 Å². The summed E-state index contributed by atoms with van der Waals surface area (Å²) in [7, 11) is 1.96. The van der Waals surface area contributed by atoms with E-state index < -0.39 is 0 Å². The highest BCUT2D eigenvalue weighted by molar-refractivity contribution is 5.79. The average molecular weight is 132 g/mol. The van der Waals surface area contributed by atoms with E-state index in [-0.39, 0.29) is 0 Å². The van der Waals surface area contributed by atoms with Gasteiger partial charge in [-0.1, -0.05) is 18.2 Å². The van der Waals surface area contributed by atoms with Crippen LogP contribution in [0.25, 0.3) is 10.9 Å². The Morgan fingerprint density at radius 3 is 3.10 bits per heavy atom. The van der Waals surface area contributed by atoms with E-state index >= 15 is 0 Å². The molecule has 0 aliphatic carbocycles. The first-order valence-electron chi connectivity index (χ1n) is 3.80. The molecular formula is C9H9N. The minimum Gasteiger partial charge on any atom is -0.351 e. The van der Waals surface area contributed by atoms with Crippen LogP contribution in [0.2, 0.25) is 0 Å². The van der Waals surface area contributed by atoms with E-state index in [2.05, 4.69) is 0 Å². The van der Waals surface area contributed by atoms with Gasteiger partial charge in [-0.3, -0.25) is 0 Å². The first kappa shape index (κ1) is 4.56. The monoisotopic (exact) mass is 132 g/mol. The van der Waals surface area contributed by atoms with Crippen molar-refractivity contribution >= 4 is 10.9 Å². The van der Waals surface area contributed by atoms with Crippen LogP contribution in [-0.2, 0) is 7.05 Å². The predicted octanol–water partition coefficient (Wildman–Crippen LogP) is 2.18. The second-order valence-electron chi connectivity index (χ2n) is 2.40. The zero-order valence-electron chi connectivity index (χ0n) is 6.83. The van der Waals surface area contributed by atoms with Gasteiger partial charge in [-0.25, -0.2) is 0 Å². The van der Waals surface area contributed by atoms with Crippen LogP contribution in [0.3, 0.4) is 0 Å². The lowest BCUT2D eigenvalue weighted by Crippen LogP contribution is -1.81. The molecule has 1 heterocycles. The number of aromatic nitrogens is 1. The molecule has 0 unspecified atom stereocenters. The number of fused-ring (bicyclic) bond motifs is 1.